The molecule has 0 saturated heterocycles. The number of rotatable bonds is 8. The zero-order valence-corrected chi connectivity index (χ0v) is 38.0. The van der Waals surface area contributed by atoms with E-state index in [0.717, 1.165) is 0 Å². The minimum Gasteiger partial charge on any atom is -0.872 e. The Kier molecular flexibility index (Phi) is 12.9. The smallest absolute Gasteiger partial charge is 0.339 e. The number of carboxylic acids is 2. The summed E-state index contributed by atoms with van der Waals surface area (Å²) in [6.07, 6.45) is 7.25. The number of fused-ring (bicyclic) bond motifs is 4. The molecule has 0 spiro atoms. The molecule has 14 heteroatoms. The minimum absolute atomic E-state index is 0.103. The number of benzene rings is 6. The van der Waals surface area contributed by atoms with Crippen LogP contribution in [0.3, 0.4) is 0 Å². The molecule has 10 rings (SSSR count). The van der Waals surface area contributed by atoms with Gasteiger partial charge in [-0.05, 0) is 101 Å². The van der Waals surface area contributed by atoms with E-state index in [1.807, 2.05) is 0 Å². The molecular weight excluding hydrogens is 857 g/mol. The van der Waals surface area contributed by atoms with Crippen LogP contribution in [-0.2, 0) is 13.5 Å². The molecule has 68 heavy (non-hydrogen) atoms. The molecule has 0 radical (unpaired) electrons. The van der Waals surface area contributed by atoms with E-state index in [1.54, 1.807) is 48.5 Å². The second kappa shape index (κ2) is 19.2. The minimum atomic E-state index is -1.34. The molecule has 6 N–H and O–H groups in total. The lowest BCUT2D eigenvalue weighted by Gasteiger charge is -2.21. The number of aryl methyl sites for hydroxylation is 2. The summed E-state index contributed by atoms with van der Waals surface area (Å²) in [5, 5.41) is 46.1. The third-order valence-corrected chi connectivity index (χ3v) is 11.9. The van der Waals surface area contributed by atoms with Gasteiger partial charge in [-0.1, -0.05) is 72.5 Å². The SMILES string of the molecule is Cc1cc(C=Cc2ccc3cc(N(C)C)ccc3[n+]2C)c(C)n1-c1ccccc1.Nc1ncnc2nc[nH]c12.O=C(O)c1cc2ccccc2c(Cc2c(O)c(C(=O)O)cc3ccccc23)c1[O-]. The highest BCUT2D eigenvalue weighted by Gasteiger charge is 2.20. The molecule has 0 saturated carbocycles. The average Bonchev–Trinajstić information content (AvgIpc) is 3.94. The van der Waals surface area contributed by atoms with Crippen LogP contribution in [0, 0.1) is 13.8 Å². The molecule has 0 atom stereocenters. The summed E-state index contributed by atoms with van der Waals surface area (Å²) < 4.78 is 4.56. The van der Waals surface area contributed by atoms with Crippen molar-refractivity contribution in [3.8, 4) is 17.2 Å². The fourth-order valence-corrected chi connectivity index (χ4v) is 8.41. The van der Waals surface area contributed by atoms with Gasteiger partial charge in [-0.25, -0.2) is 24.5 Å². The van der Waals surface area contributed by atoms with Crippen LogP contribution in [0.15, 0.2) is 140 Å². The number of para-hydroxylation sites is 1. The molecule has 10 aromatic rings. The molecule has 0 bridgehead atoms. The largest absolute Gasteiger partial charge is 0.872 e. The van der Waals surface area contributed by atoms with E-state index in [0.29, 0.717) is 38.5 Å². The fraction of sp³-hybridized carbons (Fsp3) is 0.111. The molecule has 14 nitrogen and oxygen atoms in total. The van der Waals surface area contributed by atoms with Gasteiger partial charge in [0.25, 0.3) is 0 Å². The van der Waals surface area contributed by atoms with Crippen LogP contribution in [0.1, 0.15) is 54.5 Å². The number of aromatic hydroxyl groups is 1. The number of phenols is 1. The van der Waals surface area contributed by atoms with Crippen LogP contribution < -0.4 is 20.3 Å². The first-order valence-electron chi connectivity index (χ1n) is 21.6. The number of nitrogens with zero attached hydrogens (tertiary/aromatic N) is 6. The number of carboxylic acid groups (broad SMARTS) is 2. The molecule has 340 valence electrons. The highest BCUT2D eigenvalue weighted by Crippen LogP contribution is 2.38. The van der Waals surface area contributed by atoms with Gasteiger partial charge in [-0.2, -0.15) is 4.57 Å². The molecule has 0 amide bonds. The summed E-state index contributed by atoms with van der Waals surface area (Å²) in [7, 11) is 6.28. The maximum atomic E-state index is 12.9. The Morgan fingerprint density at radius 2 is 1.41 bits per heavy atom. The highest BCUT2D eigenvalue weighted by atomic mass is 16.4. The summed E-state index contributed by atoms with van der Waals surface area (Å²) in [5.74, 6) is -3.28. The van der Waals surface area contributed by atoms with Crippen LogP contribution in [0.25, 0.3) is 61.5 Å². The third kappa shape index (κ3) is 9.11. The lowest BCUT2D eigenvalue weighted by atomic mass is 9.90. The normalized spacial score (nSPS) is 11.1. The van der Waals surface area contributed by atoms with Gasteiger partial charge >= 0.3 is 11.9 Å². The second-order valence-electron chi connectivity index (χ2n) is 16.4. The third-order valence-electron chi connectivity index (χ3n) is 11.9. The van der Waals surface area contributed by atoms with Gasteiger partial charge in [0.05, 0.1) is 11.9 Å². The Morgan fingerprint density at radius 1 is 0.765 bits per heavy atom. The van der Waals surface area contributed by atoms with Crippen molar-refractivity contribution in [3.05, 3.63) is 185 Å². The number of pyridine rings is 1. The molecule has 6 aromatic carbocycles. The van der Waals surface area contributed by atoms with Crippen molar-refractivity contribution in [3.63, 3.8) is 0 Å². The van der Waals surface area contributed by atoms with Crippen LogP contribution in [0.4, 0.5) is 11.5 Å². The Labute approximate surface area is 391 Å². The number of nitrogen functional groups attached to an aromatic ring is 1. The number of anilines is 2. The molecule has 0 fully saturated rings. The number of hydrogen-bond acceptors (Lipinski definition) is 9. The summed E-state index contributed by atoms with van der Waals surface area (Å²) in [5.41, 5.74) is 15.2. The van der Waals surface area contributed by atoms with E-state index >= 15 is 0 Å². The van der Waals surface area contributed by atoms with Gasteiger partial charge in [0.15, 0.2) is 11.5 Å². The van der Waals surface area contributed by atoms with E-state index in [4.69, 9.17) is 5.73 Å². The van der Waals surface area contributed by atoms with Crippen molar-refractivity contribution >= 4 is 79.2 Å². The Bertz CT molecular complexity index is 3460. The van der Waals surface area contributed by atoms with Crippen molar-refractivity contribution in [2.24, 2.45) is 7.05 Å². The Balaban J connectivity index is 0.000000153. The average molecular weight is 905 g/mol. The molecular formula is C54H48N8O6. The summed E-state index contributed by atoms with van der Waals surface area (Å²) >= 11 is 0. The first-order valence-corrected chi connectivity index (χ1v) is 21.6. The number of nitrogens with one attached hydrogen (secondary N) is 1. The topological polar surface area (TPSA) is 210 Å². The van der Waals surface area contributed by atoms with Crippen LogP contribution in [0.2, 0.25) is 0 Å². The molecule has 0 unspecified atom stereocenters. The van der Waals surface area contributed by atoms with Gasteiger partial charge in [-0.3, -0.25) is 0 Å². The van der Waals surface area contributed by atoms with Gasteiger partial charge in [0, 0.05) is 72.4 Å². The van der Waals surface area contributed by atoms with Crippen LogP contribution in [-0.4, -0.2) is 65.9 Å². The molecule has 0 aliphatic heterocycles. The Hall–Kier alpha value is -9.04. The van der Waals surface area contributed by atoms with Crippen molar-refractivity contribution in [2.75, 3.05) is 24.7 Å². The van der Waals surface area contributed by atoms with E-state index in [-0.39, 0.29) is 28.7 Å². The van der Waals surface area contributed by atoms with Crippen LogP contribution in [0.5, 0.6) is 11.5 Å². The number of nitrogens with two attached hydrogens (primary N) is 1. The second-order valence-corrected chi connectivity index (χ2v) is 16.4. The maximum Gasteiger partial charge on any atom is 0.339 e. The zero-order chi connectivity index (χ0) is 48.2. The number of imidazole rings is 1. The summed E-state index contributed by atoms with van der Waals surface area (Å²) in [4.78, 5) is 39.7. The number of H-pyrrole nitrogens is 1. The standard InChI is InChI=1S/C26H28N3.C23H16O6.C5H5N5/c1-19-17-21(20(2)29(19)24-9-7-6-8-10-24)11-13-23-14-12-22-18-25(27(3)4)15-16-26(22)28(23)5;24-20-16(14-7-3-1-5-12(14)9-18(20)22(26)27)11-17-15-8-4-2-6-13(15)10-19(21(17)25)23(28)29;6-4-3-5(9-1-7-3)10-2-8-4/h6-18H,1-5H3;1-10,24-25H,11H2,(H,26,27)(H,28,29);1-2H,(H3,6,7,8,9,10)/q+1;;/p-1. The molecule has 4 aromatic heterocycles. The van der Waals surface area contributed by atoms with E-state index in [1.165, 1.54) is 69.7 Å². The van der Waals surface area contributed by atoms with Gasteiger partial charge in [0.1, 0.15) is 30.2 Å². The van der Waals surface area contributed by atoms with Gasteiger partial charge in [0.2, 0.25) is 11.2 Å². The lowest BCUT2D eigenvalue weighted by Crippen LogP contribution is -2.32. The maximum absolute atomic E-state index is 12.9. The number of carbonyl (C=O) groups is 2. The quantitative estimate of drug-likeness (QED) is 0.0909. The zero-order valence-electron chi connectivity index (χ0n) is 38.0. The van der Waals surface area contributed by atoms with E-state index in [2.05, 4.69) is 148 Å². The molecule has 0 aliphatic carbocycles. The van der Waals surface area contributed by atoms with Crippen molar-refractivity contribution in [1.29, 1.82) is 0 Å². The molecule has 4 heterocycles. The van der Waals surface area contributed by atoms with Crippen LogP contribution >= 0.6 is 0 Å². The first kappa shape index (κ1) is 45.5. The van der Waals surface area contributed by atoms with Crippen molar-refractivity contribution in [1.82, 2.24) is 24.5 Å². The molecule has 0 aliphatic rings. The van der Waals surface area contributed by atoms with Gasteiger partial charge in [-0.15, -0.1) is 0 Å². The summed E-state index contributed by atoms with van der Waals surface area (Å²) in [6.45, 7) is 4.35. The lowest BCUT2D eigenvalue weighted by molar-refractivity contribution is -0.646. The monoisotopic (exact) mass is 904 g/mol. The van der Waals surface area contributed by atoms with Crippen molar-refractivity contribution in [2.45, 2.75) is 20.3 Å². The van der Waals surface area contributed by atoms with Gasteiger partial charge < -0.3 is 40.6 Å². The van der Waals surface area contributed by atoms with Crippen molar-refractivity contribution < 1.29 is 34.6 Å². The van der Waals surface area contributed by atoms with E-state index < -0.39 is 23.4 Å². The number of aromatic nitrogens is 6. The summed E-state index contributed by atoms with van der Waals surface area (Å²) in [6, 6.07) is 40.3. The first-order chi connectivity index (χ1) is 32.7. The van der Waals surface area contributed by atoms with E-state index in [9.17, 15) is 30.0 Å². The predicted molar refractivity (Wildman–Crippen MR) is 265 cm³/mol. The number of aromatic carboxylic acids is 2. The number of aromatic amines is 1. The Morgan fingerprint density at radius 3 is 2.07 bits per heavy atom. The predicted octanol–water partition coefficient (Wildman–Crippen LogP) is 9.00. The fourth-order valence-electron chi connectivity index (χ4n) is 8.41. The highest BCUT2D eigenvalue weighted by molar-refractivity contribution is 6.02. The number of hydrogen-bond donors (Lipinski definition) is 5.